The normalized spacial score (nSPS) is 15.9. The predicted molar refractivity (Wildman–Crippen MR) is 92.5 cm³/mol. The highest BCUT2D eigenvalue weighted by Gasteiger charge is 2.19. The maximum atomic E-state index is 4.57. The SMILES string of the molecule is CC(C)Nc1nncc(N2CCN(Cc3ccccc3)CC2)n1. The summed E-state index contributed by atoms with van der Waals surface area (Å²) < 4.78 is 0. The number of piperazine rings is 1. The van der Waals surface area contributed by atoms with Gasteiger partial charge in [-0.2, -0.15) is 10.1 Å². The van der Waals surface area contributed by atoms with Gasteiger partial charge in [0, 0.05) is 38.8 Å². The zero-order valence-corrected chi connectivity index (χ0v) is 13.8. The molecule has 3 rings (SSSR count). The van der Waals surface area contributed by atoms with Gasteiger partial charge in [-0.25, -0.2) is 0 Å². The zero-order chi connectivity index (χ0) is 16.1. The van der Waals surface area contributed by atoms with Gasteiger partial charge in [-0.1, -0.05) is 30.3 Å². The lowest BCUT2D eigenvalue weighted by atomic mass is 10.2. The molecule has 1 aliphatic heterocycles. The lowest BCUT2D eigenvalue weighted by Crippen LogP contribution is -2.46. The van der Waals surface area contributed by atoms with Crippen LogP contribution >= 0.6 is 0 Å². The summed E-state index contributed by atoms with van der Waals surface area (Å²) in [5, 5.41) is 11.3. The average molecular weight is 312 g/mol. The molecule has 1 saturated heterocycles. The predicted octanol–water partition coefficient (Wildman–Crippen LogP) is 2.01. The van der Waals surface area contributed by atoms with Gasteiger partial charge in [-0.15, -0.1) is 5.10 Å². The van der Waals surface area contributed by atoms with Crippen molar-refractivity contribution in [3.05, 3.63) is 42.1 Å². The van der Waals surface area contributed by atoms with E-state index in [2.05, 4.69) is 74.5 Å². The van der Waals surface area contributed by atoms with E-state index in [1.807, 2.05) is 0 Å². The highest BCUT2D eigenvalue weighted by molar-refractivity contribution is 5.41. The van der Waals surface area contributed by atoms with E-state index >= 15 is 0 Å². The molecule has 1 N–H and O–H groups in total. The number of rotatable bonds is 5. The lowest BCUT2D eigenvalue weighted by Gasteiger charge is -2.35. The minimum Gasteiger partial charge on any atom is -0.353 e. The molecule has 0 saturated carbocycles. The number of nitrogens with zero attached hydrogens (tertiary/aromatic N) is 5. The van der Waals surface area contributed by atoms with E-state index in [1.54, 1.807) is 6.20 Å². The van der Waals surface area contributed by atoms with E-state index in [4.69, 9.17) is 0 Å². The van der Waals surface area contributed by atoms with Crippen molar-refractivity contribution < 1.29 is 0 Å². The smallest absolute Gasteiger partial charge is 0.244 e. The first-order valence-electron chi connectivity index (χ1n) is 8.18. The molecule has 1 aromatic carbocycles. The fourth-order valence-electron chi connectivity index (χ4n) is 2.74. The molecule has 0 bridgehead atoms. The van der Waals surface area contributed by atoms with Crippen LogP contribution in [0, 0.1) is 0 Å². The Kier molecular flexibility index (Phi) is 5.02. The lowest BCUT2D eigenvalue weighted by molar-refractivity contribution is 0.249. The second-order valence-electron chi connectivity index (χ2n) is 6.19. The highest BCUT2D eigenvalue weighted by Crippen LogP contribution is 2.15. The first-order valence-corrected chi connectivity index (χ1v) is 8.18. The summed E-state index contributed by atoms with van der Waals surface area (Å²) in [5.74, 6) is 1.51. The number of benzene rings is 1. The van der Waals surface area contributed by atoms with Crippen LogP contribution in [0.25, 0.3) is 0 Å². The number of nitrogens with one attached hydrogen (secondary N) is 1. The summed E-state index contributed by atoms with van der Waals surface area (Å²) >= 11 is 0. The van der Waals surface area contributed by atoms with Gasteiger partial charge < -0.3 is 10.2 Å². The Morgan fingerprint density at radius 2 is 1.83 bits per heavy atom. The van der Waals surface area contributed by atoms with Crippen LogP contribution < -0.4 is 10.2 Å². The third-order valence-electron chi connectivity index (χ3n) is 3.91. The summed E-state index contributed by atoms with van der Waals surface area (Å²) in [4.78, 5) is 9.33. The van der Waals surface area contributed by atoms with E-state index in [1.165, 1.54) is 5.56 Å². The van der Waals surface area contributed by atoms with Crippen molar-refractivity contribution in [1.82, 2.24) is 20.1 Å². The topological polar surface area (TPSA) is 57.2 Å². The molecule has 1 aromatic heterocycles. The molecule has 122 valence electrons. The Morgan fingerprint density at radius 3 is 2.52 bits per heavy atom. The largest absolute Gasteiger partial charge is 0.353 e. The van der Waals surface area contributed by atoms with Crippen LogP contribution in [0.2, 0.25) is 0 Å². The average Bonchev–Trinajstić information content (AvgIpc) is 2.56. The van der Waals surface area contributed by atoms with Crippen molar-refractivity contribution in [3.8, 4) is 0 Å². The van der Waals surface area contributed by atoms with E-state index in [9.17, 15) is 0 Å². The third kappa shape index (κ3) is 4.39. The molecule has 6 nitrogen and oxygen atoms in total. The molecular weight excluding hydrogens is 288 g/mol. The molecule has 2 aromatic rings. The van der Waals surface area contributed by atoms with Crippen LogP contribution in [0.1, 0.15) is 19.4 Å². The van der Waals surface area contributed by atoms with Crippen LogP contribution in [-0.2, 0) is 6.54 Å². The molecule has 2 heterocycles. The maximum Gasteiger partial charge on any atom is 0.244 e. The van der Waals surface area contributed by atoms with Gasteiger partial charge in [0.25, 0.3) is 0 Å². The second-order valence-corrected chi connectivity index (χ2v) is 6.19. The fourth-order valence-corrected chi connectivity index (χ4v) is 2.74. The Balaban J connectivity index is 1.56. The molecule has 23 heavy (non-hydrogen) atoms. The van der Waals surface area contributed by atoms with Crippen molar-refractivity contribution in [2.24, 2.45) is 0 Å². The summed E-state index contributed by atoms with van der Waals surface area (Å²) in [7, 11) is 0. The number of anilines is 2. The molecule has 0 amide bonds. The minimum atomic E-state index is 0.301. The minimum absolute atomic E-state index is 0.301. The molecule has 6 heteroatoms. The quantitative estimate of drug-likeness (QED) is 0.911. The fraction of sp³-hybridized carbons (Fsp3) is 0.471. The monoisotopic (exact) mass is 312 g/mol. The van der Waals surface area contributed by atoms with Crippen molar-refractivity contribution >= 4 is 11.8 Å². The van der Waals surface area contributed by atoms with Crippen molar-refractivity contribution in [2.45, 2.75) is 26.4 Å². The van der Waals surface area contributed by atoms with Crippen LogP contribution in [0.5, 0.6) is 0 Å². The van der Waals surface area contributed by atoms with Gasteiger partial charge in [0.2, 0.25) is 5.95 Å². The van der Waals surface area contributed by atoms with E-state index < -0.39 is 0 Å². The summed E-state index contributed by atoms with van der Waals surface area (Å²) in [6.45, 7) is 9.14. The number of hydrogen-bond donors (Lipinski definition) is 1. The Morgan fingerprint density at radius 1 is 1.09 bits per heavy atom. The molecule has 0 aliphatic carbocycles. The van der Waals surface area contributed by atoms with E-state index in [-0.39, 0.29) is 0 Å². The van der Waals surface area contributed by atoms with Crippen molar-refractivity contribution in [3.63, 3.8) is 0 Å². The van der Waals surface area contributed by atoms with Gasteiger partial charge in [0.15, 0.2) is 5.82 Å². The number of aromatic nitrogens is 3. The molecule has 0 spiro atoms. The first kappa shape index (κ1) is 15.7. The van der Waals surface area contributed by atoms with Crippen molar-refractivity contribution in [2.75, 3.05) is 36.4 Å². The molecule has 1 fully saturated rings. The molecule has 0 atom stereocenters. The highest BCUT2D eigenvalue weighted by atomic mass is 15.3. The van der Waals surface area contributed by atoms with Crippen LogP contribution in [-0.4, -0.2) is 52.3 Å². The second kappa shape index (κ2) is 7.37. The van der Waals surface area contributed by atoms with Crippen LogP contribution in [0.4, 0.5) is 11.8 Å². The molecule has 1 aliphatic rings. The third-order valence-corrected chi connectivity index (χ3v) is 3.91. The standard InChI is InChI=1S/C17H24N6/c1-14(2)19-17-20-16(12-18-21-17)23-10-8-22(9-11-23)13-15-6-4-3-5-7-15/h3-7,12,14H,8-11,13H2,1-2H3,(H,19,20,21). The number of hydrogen-bond acceptors (Lipinski definition) is 6. The van der Waals surface area contributed by atoms with Gasteiger partial charge in [-0.3, -0.25) is 4.90 Å². The summed E-state index contributed by atoms with van der Waals surface area (Å²) in [6, 6.07) is 10.9. The summed E-state index contributed by atoms with van der Waals surface area (Å²) in [5.41, 5.74) is 1.37. The molecule has 0 radical (unpaired) electrons. The van der Waals surface area contributed by atoms with Gasteiger partial charge in [0.1, 0.15) is 0 Å². The Labute approximate surface area is 137 Å². The molecular formula is C17H24N6. The van der Waals surface area contributed by atoms with Gasteiger partial charge >= 0.3 is 0 Å². The van der Waals surface area contributed by atoms with Gasteiger partial charge in [-0.05, 0) is 19.4 Å². The van der Waals surface area contributed by atoms with E-state index in [0.717, 1.165) is 38.5 Å². The maximum absolute atomic E-state index is 4.57. The first-order chi connectivity index (χ1) is 11.2. The zero-order valence-electron chi connectivity index (χ0n) is 13.8. The van der Waals surface area contributed by atoms with E-state index in [0.29, 0.717) is 12.0 Å². The Bertz CT molecular complexity index is 607. The Hall–Kier alpha value is -2.21. The summed E-state index contributed by atoms with van der Waals surface area (Å²) in [6.07, 6.45) is 1.75. The van der Waals surface area contributed by atoms with Crippen LogP contribution in [0.15, 0.2) is 36.5 Å². The van der Waals surface area contributed by atoms with Crippen LogP contribution in [0.3, 0.4) is 0 Å². The van der Waals surface area contributed by atoms with Gasteiger partial charge in [0.05, 0.1) is 6.20 Å². The molecule has 0 unspecified atom stereocenters. The van der Waals surface area contributed by atoms with Crippen molar-refractivity contribution in [1.29, 1.82) is 0 Å².